The van der Waals surface area contributed by atoms with Crippen LogP contribution in [0.1, 0.15) is 35.6 Å². The molecule has 0 aliphatic carbocycles. The Morgan fingerprint density at radius 3 is 2.43 bits per heavy atom. The molecule has 5 rings (SSSR count). The Morgan fingerprint density at radius 1 is 1.07 bits per heavy atom. The minimum absolute atomic E-state index is 0.0558. The van der Waals surface area contributed by atoms with Crippen molar-refractivity contribution in [1.29, 1.82) is 0 Å². The van der Waals surface area contributed by atoms with Crippen molar-refractivity contribution < 1.29 is 28.8 Å². The minimum Gasteiger partial charge on any atom is -0.502 e. The van der Waals surface area contributed by atoms with Crippen molar-refractivity contribution >= 4 is 5.91 Å². The van der Waals surface area contributed by atoms with Gasteiger partial charge in [-0.15, -0.1) is 0 Å². The van der Waals surface area contributed by atoms with Gasteiger partial charge >= 0.3 is 0 Å². The second kappa shape index (κ2) is 6.22. The average molecular weight is 383 g/mol. The molecule has 146 valence electrons. The molecule has 28 heavy (non-hydrogen) atoms. The number of phenols is 1. The van der Waals surface area contributed by atoms with Gasteiger partial charge in [-0.25, -0.2) is 0 Å². The number of carbonyl (C=O) groups excluding carboxylic acids is 1. The van der Waals surface area contributed by atoms with Crippen molar-refractivity contribution in [3.8, 4) is 28.7 Å². The zero-order chi connectivity index (χ0) is 19.4. The van der Waals surface area contributed by atoms with Crippen molar-refractivity contribution in [3.05, 3.63) is 41.0 Å². The molecule has 0 spiro atoms. The molecule has 3 aliphatic heterocycles. The molecule has 1 amide bonds. The van der Waals surface area contributed by atoms with Crippen molar-refractivity contribution in [1.82, 2.24) is 4.90 Å². The summed E-state index contributed by atoms with van der Waals surface area (Å²) in [4.78, 5) is 14.7. The van der Waals surface area contributed by atoms with Crippen molar-refractivity contribution in [2.45, 2.75) is 31.3 Å². The Bertz CT molecular complexity index is 947. The number of methoxy groups -OCH3 is 2. The first-order valence-electron chi connectivity index (χ1n) is 9.29. The maximum absolute atomic E-state index is 12.8. The predicted octanol–water partition coefficient (Wildman–Crippen LogP) is 2.77. The van der Waals surface area contributed by atoms with Crippen LogP contribution in [0.4, 0.5) is 0 Å². The molecule has 0 aromatic heterocycles. The molecule has 3 heterocycles. The lowest BCUT2D eigenvalue weighted by molar-refractivity contribution is -0.131. The van der Waals surface area contributed by atoms with E-state index in [-0.39, 0.29) is 30.5 Å². The van der Waals surface area contributed by atoms with Crippen LogP contribution in [0.15, 0.2) is 24.3 Å². The maximum Gasteiger partial charge on any atom is 0.231 e. The Morgan fingerprint density at radius 2 is 1.75 bits per heavy atom. The second-order valence-electron chi connectivity index (χ2n) is 7.28. The number of benzene rings is 2. The standard InChI is InChI=1S/C21H21NO6/c1-25-17-7-12(8-18(26-2)21(17)24)20-14-9-16-15(27-10-28-16)6-11(14)5-13-3-4-19(23)22(13)20/h6-9,13,20,24H,3-5,10H2,1-2H3/t13-,20?/m1/s1. The van der Waals surface area contributed by atoms with Crippen LogP contribution in [0.3, 0.4) is 0 Å². The molecule has 2 aromatic rings. The van der Waals surface area contributed by atoms with Gasteiger partial charge in [0.1, 0.15) is 0 Å². The summed E-state index contributed by atoms with van der Waals surface area (Å²) in [5, 5.41) is 10.3. The zero-order valence-electron chi connectivity index (χ0n) is 15.7. The third-order valence-electron chi connectivity index (χ3n) is 5.85. The predicted molar refractivity (Wildman–Crippen MR) is 99.2 cm³/mol. The number of hydrogen-bond donors (Lipinski definition) is 1. The normalized spacial score (nSPS) is 22.1. The summed E-state index contributed by atoms with van der Waals surface area (Å²) >= 11 is 0. The number of fused-ring (bicyclic) bond motifs is 3. The number of nitrogens with zero attached hydrogens (tertiary/aromatic N) is 1. The number of rotatable bonds is 3. The molecule has 2 atom stereocenters. The topological polar surface area (TPSA) is 77.5 Å². The minimum atomic E-state index is -0.304. The summed E-state index contributed by atoms with van der Waals surface area (Å²) in [5.74, 6) is 2.13. The van der Waals surface area contributed by atoms with Crippen LogP contribution in [-0.4, -0.2) is 43.0 Å². The van der Waals surface area contributed by atoms with Gasteiger partial charge in [0.25, 0.3) is 0 Å². The third kappa shape index (κ3) is 2.38. The fraction of sp³-hybridized carbons (Fsp3) is 0.381. The summed E-state index contributed by atoms with van der Waals surface area (Å²) in [6.45, 7) is 0.204. The Labute approximate surface area is 162 Å². The van der Waals surface area contributed by atoms with Crippen LogP contribution in [0, 0.1) is 0 Å². The SMILES string of the molecule is COc1cc(C2c3cc4c(cc3C[C@H]3CCC(=O)N23)OCO4)cc(OC)c1O. The third-order valence-corrected chi connectivity index (χ3v) is 5.85. The summed E-state index contributed by atoms with van der Waals surface area (Å²) in [5.41, 5.74) is 2.98. The number of hydrogen-bond acceptors (Lipinski definition) is 6. The molecule has 2 aromatic carbocycles. The first-order chi connectivity index (χ1) is 13.6. The highest BCUT2D eigenvalue weighted by atomic mass is 16.7. The van der Waals surface area contributed by atoms with Gasteiger partial charge in [0.2, 0.25) is 18.4 Å². The summed E-state index contributed by atoms with van der Waals surface area (Å²) in [7, 11) is 2.99. The van der Waals surface area contributed by atoms with Gasteiger partial charge in [-0.1, -0.05) is 0 Å². The van der Waals surface area contributed by atoms with Crippen LogP contribution in [0.5, 0.6) is 28.7 Å². The first-order valence-corrected chi connectivity index (χ1v) is 9.29. The van der Waals surface area contributed by atoms with Gasteiger partial charge in [0.15, 0.2) is 23.0 Å². The Kier molecular flexibility index (Phi) is 3.79. The molecule has 7 heteroatoms. The molecule has 0 saturated carbocycles. The van der Waals surface area contributed by atoms with E-state index < -0.39 is 0 Å². The van der Waals surface area contributed by atoms with Crippen LogP contribution >= 0.6 is 0 Å². The van der Waals surface area contributed by atoms with Crippen LogP contribution in [-0.2, 0) is 11.2 Å². The monoisotopic (exact) mass is 383 g/mol. The summed E-state index contributed by atoms with van der Waals surface area (Å²) in [6.07, 6.45) is 2.16. The number of carbonyl (C=O) groups is 1. The highest BCUT2D eigenvalue weighted by Crippen LogP contribution is 2.49. The van der Waals surface area contributed by atoms with E-state index in [4.69, 9.17) is 18.9 Å². The number of phenolic OH excluding ortho intramolecular Hbond substituents is 1. The van der Waals surface area contributed by atoms with Gasteiger partial charge in [-0.3, -0.25) is 4.79 Å². The fourth-order valence-corrected chi connectivity index (χ4v) is 4.56. The first kappa shape index (κ1) is 17.0. The van der Waals surface area contributed by atoms with Gasteiger partial charge < -0.3 is 29.0 Å². The smallest absolute Gasteiger partial charge is 0.231 e. The highest BCUT2D eigenvalue weighted by molar-refractivity contribution is 5.81. The van der Waals surface area contributed by atoms with Crippen molar-refractivity contribution in [3.63, 3.8) is 0 Å². The Balaban J connectivity index is 1.72. The maximum atomic E-state index is 12.8. The van der Waals surface area contributed by atoms with Crippen molar-refractivity contribution in [2.75, 3.05) is 21.0 Å². The van der Waals surface area contributed by atoms with Crippen LogP contribution in [0.2, 0.25) is 0 Å². The van der Waals surface area contributed by atoms with Gasteiger partial charge in [-0.05, 0) is 53.8 Å². The number of ether oxygens (including phenoxy) is 4. The quantitative estimate of drug-likeness (QED) is 0.878. The summed E-state index contributed by atoms with van der Waals surface area (Å²) in [6, 6.07) is 7.36. The van der Waals surface area contributed by atoms with E-state index in [2.05, 4.69) is 0 Å². The molecule has 1 unspecified atom stereocenters. The second-order valence-corrected chi connectivity index (χ2v) is 7.28. The molecular weight excluding hydrogens is 362 g/mol. The molecule has 3 aliphatic rings. The van der Waals surface area contributed by atoms with Crippen LogP contribution in [0.25, 0.3) is 0 Å². The number of aromatic hydroxyl groups is 1. The van der Waals surface area contributed by atoms with E-state index in [0.717, 1.165) is 35.3 Å². The molecule has 0 bridgehead atoms. The molecular formula is C21H21NO6. The molecule has 1 fully saturated rings. The van der Waals surface area contributed by atoms with E-state index in [0.29, 0.717) is 23.7 Å². The largest absolute Gasteiger partial charge is 0.502 e. The van der Waals surface area contributed by atoms with E-state index in [1.165, 1.54) is 14.2 Å². The van der Waals surface area contributed by atoms with Gasteiger partial charge in [0, 0.05) is 12.5 Å². The van der Waals surface area contributed by atoms with Gasteiger partial charge in [0.05, 0.1) is 20.3 Å². The molecule has 0 radical (unpaired) electrons. The number of amides is 1. The van der Waals surface area contributed by atoms with Crippen LogP contribution < -0.4 is 18.9 Å². The lowest BCUT2D eigenvalue weighted by Gasteiger charge is -2.40. The van der Waals surface area contributed by atoms with E-state index in [1.807, 2.05) is 17.0 Å². The van der Waals surface area contributed by atoms with Gasteiger partial charge in [-0.2, -0.15) is 0 Å². The van der Waals surface area contributed by atoms with E-state index in [9.17, 15) is 9.90 Å². The summed E-state index contributed by atoms with van der Waals surface area (Å²) < 4.78 is 21.8. The fourth-order valence-electron chi connectivity index (χ4n) is 4.56. The molecule has 1 saturated heterocycles. The zero-order valence-corrected chi connectivity index (χ0v) is 15.7. The lowest BCUT2D eigenvalue weighted by Crippen LogP contribution is -2.42. The molecule has 7 nitrogen and oxygen atoms in total. The van der Waals surface area contributed by atoms with Crippen molar-refractivity contribution in [2.24, 2.45) is 0 Å². The Hall–Kier alpha value is -3.09. The molecule has 1 N–H and O–H groups in total. The highest BCUT2D eigenvalue weighted by Gasteiger charge is 2.43. The van der Waals surface area contributed by atoms with E-state index in [1.54, 1.807) is 12.1 Å². The van der Waals surface area contributed by atoms with E-state index >= 15 is 0 Å². The average Bonchev–Trinajstić information content (AvgIpc) is 3.31. The lowest BCUT2D eigenvalue weighted by atomic mass is 9.84.